The van der Waals surface area contributed by atoms with Crippen molar-refractivity contribution in [2.75, 3.05) is 26.3 Å². The van der Waals surface area contributed by atoms with E-state index in [1.54, 1.807) is 0 Å². The van der Waals surface area contributed by atoms with Crippen molar-refractivity contribution in [3.63, 3.8) is 0 Å². The van der Waals surface area contributed by atoms with Crippen LogP contribution in [0.2, 0.25) is 11.1 Å². The number of hydrogen-bond donors (Lipinski definition) is 2. The Labute approximate surface area is 94.6 Å². The second kappa shape index (κ2) is 7.35. The molecule has 0 saturated carbocycles. The van der Waals surface area contributed by atoms with E-state index < -0.39 is 8.56 Å². The van der Waals surface area contributed by atoms with E-state index in [0.29, 0.717) is 37.4 Å². The lowest BCUT2D eigenvalue weighted by Crippen LogP contribution is -2.50. The van der Waals surface area contributed by atoms with Crippen LogP contribution in [0.1, 0.15) is 27.7 Å². The van der Waals surface area contributed by atoms with Crippen molar-refractivity contribution >= 4 is 8.56 Å². The summed E-state index contributed by atoms with van der Waals surface area (Å²) in [5.74, 6) is 0. The highest BCUT2D eigenvalue weighted by Crippen LogP contribution is 2.34. The predicted octanol–water partition coefficient (Wildman–Crippen LogP) is 1.20. The Morgan fingerprint density at radius 3 is 1.40 bits per heavy atom. The molecule has 0 aliphatic rings. The van der Waals surface area contributed by atoms with E-state index in [1.807, 2.05) is 0 Å². The molecule has 4 nitrogen and oxygen atoms in total. The first-order valence-corrected chi connectivity index (χ1v) is 7.66. The third kappa shape index (κ3) is 4.20. The maximum Gasteiger partial charge on any atom is 0.343 e. The van der Waals surface area contributed by atoms with Gasteiger partial charge in [0.1, 0.15) is 0 Å². The zero-order valence-corrected chi connectivity index (χ0v) is 11.5. The topological polar surface area (TPSA) is 70.5 Å². The van der Waals surface area contributed by atoms with Crippen molar-refractivity contribution in [2.45, 2.75) is 38.8 Å². The van der Waals surface area contributed by atoms with Gasteiger partial charge in [-0.1, -0.05) is 27.7 Å². The van der Waals surface area contributed by atoms with Crippen molar-refractivity contribution in [2.24, 2.45) is 11.5 Å². The van der Waals surface area contributed by atoms with E-state index in [-0.39, 0.29) is 0 Å². The Morgan fingerprint density at radius 2 is 1.20 bits per heavy atom. The molecule has 0 rings (SSSR count). The fourth-order valence-electron chi connectivity index (χ4n) is 1.81. The quantitative estimate of drug-likeness (QED) is 0.619. The molecule has 0 aliphatic carbocycles. The smallest absolute Gasteiger partial charge is 0.343 e. The van der Waals surface area contributed by atoms with Crippen molar-refractivity contribution in [3.8, 4) is 0 Å². The molecule has 0 aromatic rings. The van der Waals surface area contributed by atoms with Crippen LogP contribution in [-0.2, 0) is 8.85 Å². The van der Waals surface area contributed by atoms with E-state index in [9.17, 15) is 0 Å². The Balaban J connectivity index is 4.57. The summed E-state index contributed by atoms with van der Waals surface area (Å²) in [6, 6.07) is 0. The molecule has 0 unspecified atom stereocenters. The fraction of sp³-hybridized carbons (Fsp3) is 1.00. The number of nitrogens with two attached hydrogens (primary N) is 2. The molecular weight excluding hydrogens is 208 g/mol. The van der Waals surface area contributed by atoms with Crippen LogP contribution in [0.3, 0.4) is 0 Å². The standard InChI is InChI=1S/C10H26N2O2Si/c1-9(2)15(10(3)4,13-7-5-11)14-8-6-12/h9-10H,5-8,11-12H2,1-4H3. The highest BCUT2D eigenvalue weighted by Gasteiger charge is 2.44. The van der Waals surface area contributed by atoms with Gasteiger partial charge in [0.05, 0.1) is 0 Å². The Morgan fingerprint density at radius 1 is 0.867 bits per heavy atom. The van der Waals surface area contributed by atoms with Crippen molar-refractivity contribution < 1.29 is 8.85 Å². The fourth-order valence-corrected chi connectivity index (χ4v) is 5.44. The van der Waals surface area contributed by atoms with Gasteiger partial charge in [0, 0.05) is 26.3 Å². The summed E-state index contributed by atoms with van der Waals surface area (Å²) in [6.07, 6.45) is 0. The summed E-state index contributed by atoms with van der Waals surface area (Å²) in [6.45, 7) is 10.8. The maximum atomic E-state index is 5.94. The molecule has 4 N–H and O–H groups in total. The lowest BCUT2D eigenvalue weighted by atomic mass is 10.5. The molecule has 0 amide bonds. The van der Waals surface area contributed by atoms with E-state index in [1.165, 1.54) is 0 Å². The Hall–Kier alpha value is 0.0569. The van der Waals surface area contributed by atoms with Gasteiger partial charge in [-0.25, -0.2) is 0 Å². The molecule has 5 heteroatoms. The molecule has 0 atom stereocenters. The number of hydrogen-bond acceptors (Lipinski definition) is 4. The van der Waals surface area contributed by atoms with Crippen molar-refractivity contribution in [3.05, 3.63) is 0 Å². The van der Waals surface area contributed by atoms with Crippen LogP contribution in [0, 0.1) is 0 Å². The molecule has 0 aromatic carbocycles. The van der Waals surface area contributed by atoms with Gasteiger partial charge < -0.3 is 20.3 Å². The van der Waals surface area contributed by atoms with Gasteiger partial charge in [-0.2, -0.15) is 0 Å². The largest absolute Gasteiger partial charge is 0.393 e. The average Bonchev–Trinajstić information content (AvgIpc) is 2.17. The van der Waals surface area contributed by atoms with E-state index in [0.717, 1.165) is 0 Å². The van der Waals surface area contributed by atoms with Crippen LogP contribution < -0.4 is 11.5 Å². The molecule has 92 valence electrons. The zero-order chi connectivity index (χ0) is 11.9. The van der Waals surface area contributed by atoms with Crippen molar-refractivity contribution in [1.29, 1.82) is 0 Å². The minimum atomic E-state index is -2.15. The average molecular weight is 234 g/mol. The summed E-state index contributed by atoms with van der Waals surface area (Å²) in [5.41, 5.74) is 11.8. The molecule has 0 fully saturated rings. The van der Waals surface area contributed by atoms with Gasteiger partial charge in [-0.15, -0.1) is 0 Å². The Kier molecular flexibility index (Phi) is 7.38. The SMILES string of the molecule is CC(C)[Si](OCCN)(OCCN)C(C)C. The lowest BCUT2D eigenvalue weighted by molar-refractivity contribution is 0.160. The summed E-state index contributed by atoms with van der Waals surface area (Å²) in [7, 11) is -2.15. The second-order valence-corrected chi connectivity index (χ2v) is 8.63. The van der Waals surface area contributed by atoms with Crippen LogP contribution in [0.4, 0.5) is 0 Å². The molecule has 0 radical (unpaired) electrons. The summed E-state index contributed by atoms with van der Waals surface area (Å²) < 4.78 is 11.9. The van der Waals surface area contributed by atoms with Gasteiger partial charge in [-0.3, -0.25) is 0 Å². The second-order valence-electron chi connectivity index (χ2n) is 4.31. The van der Waals surface area contributed by atoms with Crippen LogP contribution in [0.25, 0.3) is 0 Å². The summed E-state index contributed by atoms with van der Waals surface area (Å²) in [4.78, 5) is 0. The first-order valence-electron chi connectivity index (χ1n) is 5.69. The zero-order valence-electron chi connectivity index (χ0n) is 10.5. The third-order valence-corrected chi connectivity index (χ3v) is 7.03. The molecule has 0 saturated heterocycles. The first kappa shape index (κ1) is 15.1. The minimum absolute atomic E-state index is 0.413. The molecule has 0 heterocycles. The van der Waals surface area contributed by atoms with E-state index in [2.05, 4.69) is 27.7 Å². The third-order valence-electron chi connectivity index (χ3n) is 2.50. The highest BCUT2D eigenvalue weighted by molar-refractivity contribution is 6.70. The van der Waals surface area contributed by atoms with Gasteiger partial charge in [0.25, 0.3) is 0 Å². The molecule has 0 aromatic heterocycles. The van der Waals surface area contributed by atoms with E-state index >= 15 is 0 Å². The molecule has 0 bridgehead atoms. The van der Waals surface area contributed by atoms with Crippen LogP contribution in [0.5, 0.6) is 0 Å². The van der Waals surface area contributed by atoms with Crippen LogP contribution in [0.15, 0.2) is 0 Å². The van der Waals surface area contributed by atoms with Gasteiger partial charge in [0.15, 0.2) is 0 Å². The monoisotopic (exact) mass is 234 g/mol. The van der Waals surface area contributed by atoms with Crippen LogP contribution in [-0.4, -0.2) is 34.9 Å². The maximum absolute atomic E-state index is 5.94. The predicted molar refractivity (Wildman–Crippen MR) is 66.0 cm³/mol. The van der Waals surface area contributed by atoms with Gasteiger partial charge in [-0.05, 0) is 11.1 Å². The minimum Gasteiger partial charge on any atom is -0.393 e. The molecule has 0 spiro atoms. The number of rotatable bonds is 8. The highest BCUT2D eigenvalue weighted by atomic mass is 28.4. The lowest BCUT2D eigenvalue weighted by Gasteiger charge is -2.37. The van der Waals surface area contributed by atoms with E-state index in [4.69, 9.17) is 20.3 Å². The molecule has 15 heavy (non-hydrogen) atoms. The first-order chi connectivity index (χ1) is 7.01. The van der Waals surface area contributed by atoms with Gasteiger partial charge in [0.2, 0.25) is 0 Å². The molecule has 0 aliphatic heterocycles. The molecular formula is C10H26N2O2Si. The summed E-state index contributed by atoms with van der Waals surface area (Å²) in [5, 5.41) is 0. The summed E-state index contributed by atoms with van der Waals surface area (Å²) >= 11 is 0. The van der Waals surface area contributed by atoms with Crippen molar-refractivity contribution in [1.82, 2.24) is 0 Å². The van der Waals surface area contributed by atoms with Gasteiger partial charge >= 0.3 is 8.56 Å². The van der Waals surface area contributed by atoms with Crippen LogP contribution >= 0.6 is 0 Å². The normalized spacial score (nSPS) is 12.8. The Bertz CT molecular complexity index is 148.